The third kappa shape index (κ3) is 5.83. The van der Waals surface area contributed by atoms with Crippen molar-refractivity contribution in [2.24, 2.45) is 5.10 Å². The standard InChI is InChI=1S/C18H19Cl2N3O5S/c1-23(29(25,26)17-9-13(19)4-6-15(17)20)11-18(24)22-21-10-12-8-14(27-2)5-7-16(12)28-3/h4-10H,11H2,1-3H3,(H,22,24)/b21-10-. The fourth-order valence-electron chi connectivity index (χ4n) is 2.28. The van der Waals surface area contributed by atoms with Crippen LogP contribution in [0.4, 0.5) is 0 Å². The normalized spacial score (nSPS) is 11.7. The molecule has 0 bridgehead atoms. The van der Waals surface area contributed by atoms with Crippen LogP contribution in [-0.2, 0) is 14.8 Å². The van der Waals surface area contributed by atoms with E-state index in [2.05, 4.69) is 10.5 Å². The lowest BCUT2D eigenvalue weighted by Crippen LogP contribution is -2.36. The van der Waals surface area contributed by atoms with E-state index < -0.39 is 22.5 Å². The summed E-state index contributed by atoms with van der Waals surface area (Å²) in [5.41, 5.74) is 2.84. The van der Waals surface area contributed by atoms with Crippen molar-refractivity contribution >= 4 is 45.3 Å². The minimum atomic E-state index is -4.02. The molecular weight excluding hydrogens is 441 g/mol. The molecule has 8 nitrogen and oxygen atoms in total. The number of carbonyl (C=O) groups is 1. The third-order valence-corrected chi connectivity index (χ3v) is 6.30. The van der Waals surface area contributed by atoms with Gasteiger partial charge in [-0.15, -0.1) is 0 Å². The van der Waals surface area contributed by atoms with E-state index in [1.807, 2.05) is 0 Å². The fraction of sp³-hybridized carbons (Fsp3) is 0.222. The molecular formula is C18H19Cl2N3O5S. The summed E-state index contributed by atoms with van der Waals surface area (Å²) in [4.78, 5) is 11.9. The van der Waals surface area contributed by atoms with Crippen LogP contribution in [0.3, 0.4) is 0 Å². The lowest BCUT2D eigenvalue weighted by molar-refractivity contribution is -0.121. The minimum Gasteiger partial charge on any atom is -0.497 e. The van der Waals surface area contributed by atoms with Gasteiger partial charge in [0, 0.05) is 17.6 Å². The second-order valence-electron chi connectivity index (χ2n) is 5.74. The highest BCUT2D eigenvalue weighted by Gasteiger charge is 2.25. The first kappa shape index (κ1) is 23.0. The van der Waals surface area contributed by atoms with Crippen LogP contribution in [0.25, 0.3) is 0 Å². The van der Waals surface area contributed by atoms with Crippen LogP contribution in [0.5, 0.6) is 11.5 Å². The van der Waals surface area contributed by atoms with Crippen molar-refractivity contribution in [1.29, 1.82) is 0 Å². The van der Waals surface area contributed by atoms with Crippen molar-refractivity contribution in [2.45, 2.75) is 4.90 Å². The van der Waals surface area contributed by atoms with Crippen LogP contribution in [0, 0.1) is 0 Å². The number of nitrogens with one attached hydrogen (secondary N) is 1. The average molecular weight is 460 g/mol. The SMILES string of the molecule is COc1ccc(OC)c(/C=N\NC(=O)CN(C)S(=O)(=O)c2cc(Cl)ccc2Cl)c1. The van der Waals surface area contributed by atoms with Crippen molar-refractivity contribution in [3.63, 3.8) is 0 Å². The van der Waals surface area contributed by atoms with Gasteiger partial charge >= 0.3 is 0 Å². The van der Waals surface area contributed by atoms with Gasteiger partial charge in [0.25, 0.3) is 5.91 Å². The van der Waals surface area contributed by atoms with Crippen LogP contribution >= 0.6 is 23.2 Å². The van der Waals surface area contributed by atoms with Crippen molar-refractivity contribution in [3.05, 3.63) is 52.0 Å². The van der Waals surface area contributed by atoms with E-state index in [9.17, 15) is 13.2 Å². The minimum absolute atomic E-state index is 0.00444. The van der Waals surface area contributed by atoms with E-state index in [1.54, 1.807) is 18.2 Å². The molecule has 0 saturated carbocycles. The summed E-state index contributed by atoms with van der Waals surface area (Å²) in [6, 6.07) is 9.15. The molecule has 0 spiro atoms. The molecule has 2 rings (SSSR count). The van der Waals surface area contributed by atoms with Crippen LogP contribution in [0.2, 0.25) is 10.0 Å². The van der Waals surface area contributed by atoms with Crippen LogP contribution in [-0.4, -0.2) is 52.7 Å². The highest BCUT2D eigenvalue weighted by molar-refractivity contribution is 7.89. The quantitative estimate of drug-likeness (QED) is 0.483. The number of carbonyl (C=O) groups excluding carboxylic acids is 1. The maximum Gasteiger partial charge on any atom is 0.255 e. The largest absolute Gasteiger partial charge is 0.497 e. The second-order valence-corrected chi connectivity index (χ2v) is 8.59. The molecule has 1 amide bonds. The maximum atomic E-state index is 12.6. The first-order valence-corrected chi connectivity index (χ1v) is 10.3. The molecule has 0 radical (unpaired) electrons. The Morgan fingerprint density at radius 2 is 1.90 bits per heavy atom. The van der Waals surface area contributed by atoms with Gasteiger partial charge in [0.2, 0.25) is 10.0 Å². The zero-order chi connectivity index (χ0) is 21.6. The molecule has 0 fully saturated rings. The van der Waals surface area contributed by atoms with Crippen molar-refractivity contribution in [3.8, 4) is 11.5 Å². The van der Waals surface area contributed by atoms with Crippen LogP contribution in [0.1, 0.15) is 5.56 Å². The second kappa shape index (κ2) is 9.93. The smallest absolute Gasteiger partial charge is 0.255 e. The number of halogens is 2. The van der Waals surface area contributed by atoms with Gasteiger partial charge in [0.15, 0.2) is 0 Å². The predicted octanol–water partition coefficient (Wildman–Crippen LogP) is 2.78. The summed E-state index contributed by atoms with van der Waals surface area (Å²) in [6.45, 7) is -0.474. The molecule has 2 aromatic rings. The molecule has 11 heteroatoms. The van der Waals surface area contributed by atoms with Gasteiger partial charge in [0.1, 0.15) is 16.4 Å². The number of hydrogen-bond donors (Lipinski definition) is 1. The summed E-state index contributed by atoms with van der Waals surface area (Å²) < 4.78 is 36.4. The van der Waals surface area contributed by atoms with Gasteiger partial charge in [-0.2, -0.15) is 9.41 Å². The van der Waals surface area contributed by atoms with Crippen LogP contribution in [0.15, 0.2) is 46.4 Å². The van der Waals surface area contributed by atoms with Crippen molar-refractivity contribution in [1.82, 2.24) is 9.73 Å². The first-order valence-electron chi connectivity index (χ1n) is 8.14. The zero-order valence-electron chi connectivity index (χ0n) is 15.8. The number of ether oxygens (including phenoxy) is 2. The molecule has 0 aliphatic carbocycles. The molecule has 0 aliphatic heterocycles. The number of hydrogen-bond acceptors (Lipinski definition) is 6. The highest BCUT2D eigenvalue weighted by atomic mass is 35.5. The molecule has 0 saturated heterocycles. The van der Waals surface area contributed by atoms with Crippen molar-refractivity contribution < 1.29 is 22.7 Å². The van der Waals surface area contributed by atoms with Gasteiger partial charge in [0.05, 0.1) is 32.0 Å². The Morgan fingerprint density at radius 1 is 1.17 bits per heavy atom. The average Bonchev–Trinajstić information content (AvgIpc) is 2.69. The number of hydrazone groups is 1. The van der Waals surface area contributed by atoms with E-state index >= 15 is 0 Å². The molecule has 1 N–H and O–H groups in total. The summed E-state index contributed by atoms with van der Waals surface area (Å²) >= 11 is 11.8. The monoisotopic (exact) mass is 459 g/mol. The number of likely N-dealkylation sites (N-methyl/N-ethyl adjacent to an activating group) is 1. The molecule has 2 aromatic carbocycles. The summed E-state index contributed by atoms with van der Waals surface area (Å²) in [5.74, 6) is 0.467. The number of methoxy groups -OCH3 is 2. The maximum absolute atomic E-state index is 12.6. The molecule has 29 heavy (non-hydrogen) atoms. The number of amides is 1. The van der Waals surface area contributed by atoms with E-state index in [4.69, 9.17) is 32.7 Å². The Labute approximate surface area is 179 Å². The van der Waals surface area contributed by atoms with Crippen LogP contribution < -0.4 is 14.9 Å². The van der Waals surface area contributed by atoms with Gasteiger partial charge in [-0.05, 0) is 36.4 Å². The molecule has 156 valence electrons. The zero-order valence-corrected chi connectivity index (χ0v) is 18.2. The van der Waals surface area contributed by atoms with E-state index in [1.165, 1.54) is 45.7 Å². The Hall–Kier alpha value is -2.33. The van der Waals surface area contributed by atoms with Gasteiger partial charge in [-0.3, -0.25) is 4.79 Å². The number of benzene rings is 2. The molecule has 0 atom stereocenters. The summed E-state index contributed by atoms with van der Waals surface area (Å²) in [5, 5.41) is 4.05. The molecule has 0 unspecified atom stereocenters. The van der Waals surface area contributed by atoms with Gasteiger partial charge in [-0.1, -0.05) is 23.2 Å². The predicted molar refractivity (Wildman–Crippen MR) is 112 cm³/mol. The first-order chi connectivity index (χ1) is 13.7. The number of rotatable bonds is 8. The van der Waals surface area contributed by atoms with Crippen molar-refractivity contribution in [2.75, 3.05) is 27.8 Å². The van der Waals surface area contributed by atoms with E-state index in [0.29, 0.717) is 17.1 Å². The Kier molecular flexibility index (Phi) is 7.86. The van der Waals surface area contributed by atoms with E-state index in [0.717, 1.165) is 4.31 Å². The molecule has 0 aliphatic rings. The fourth-order valence-corrected chi connectivity index (χ4v) is 4.14. The summed E-state index contributed by atoms with van der Waals surface area (Å²) in [7, 11) is 0.254. The van der Waals surface area contributed by atoms with E-state index in [-0.39, 0.29) is 14.9 Å². The Morgan fingerprint density at radius 3 is 2.55 bits per heavy atom. The lowest BCUT2D eigenvalue weighted by Gasteiger charge is -2.17. The number of sulfonamides is 1. The Balaban J connectivity index is 2.07. The molecule has 0 heterocycles. The third-order valence-electron chi connectivity index (χ3n) is 3.78. The number of nitrogens with zero attached hydrogens (tertiary/aromatic N) is 2. The van der Waals surface area contributed by atoms with Gasteiger partial charge < -0.3 is 9.47 Å². The Bertz CT molecular complexity index is 1030. The van der Waals surface area contributed by atoms with Gasteiger partial charge in [-0.25, -0.2) is 13.8 Å². The summed E-state index contributed by atoms with van der Waals surface area (Å²) in [6.07, 6.45) is 1.36. The lowest BCUT2D eigenvalue weighted by atomic mass is 10.2. The highest BCUT2D eigenvalue weighted by Crippen LogP contribution is 2.27. The molecule has 0 aromatic heterocycles. The topological polar surface area (TPSA) is 97.3 Å².